The summed E-state index contributed by atoms with van der Waals surface area (Å²) in [5.41, 5.74) is -1.18. The van der Waals surface area contributed by atoms with Gasteiger partial charge >= 0.3 is 11.9 Å². The third-order valence-electron chi connectivity index (χ3n) is 3.04. The Hall–Kier alpha value is -0.710. The SMILES string of the molecule is CCCCC(CSC(C)(C)C)(C(=O)OCC)C(=O)OCC. The Morgan fingerprint density at radius 3 is 1.76 bits per heavy atom. The van der Waals surface area contributed by atoms with Gasteiger partial charge in [0.1, 0.15) is 0 Å². The van der Waals surface area contributed by atoms with Crippen LogP contribution >= 0.6 is 11.8 Å². The third-order valence-corrected chi connectivity index (χ3v) is 4.54. The van der Waals surface area contributed by atoms with E-state index in [1.807, 2.05) is 6.92 Å². The van der Waals surface area contributed by atoms with Crippen LogP contribution < -0.4 is 0 Å². The molecule has 0 aliphatic carbocycles. The Balaban J connectivity index is 5.37. The zero-order valence-electron chi connectivity index (χ0n) is 14.3. The van der Waals surface area contributed by atoms with Crippen LogP contribution in [0, 0.1) is 5.41 Å². The van der Waals surface area contributed by atoms with Gasteiger partial charge in [-0.3, -0.25) is 9.59 Å². The largest absolute Gasteiger partial charge is 0.465 e. The summed E-state index contributed by atoms with van der Waals surface area (Å²) in [6.45, 7) is 12.3. The molecule has 5 heteroatoms. The van der Waals surface area contributed by atoms with E-state index < -0.39 is 17.4 Å². The highest BCUT2D eigenvalue weighted by atomic mass is 32.2. The molecule has 0 aliphatic rings. The summed E-state index contributed by atoms with van der Waals surface area (Å²) in [7, 11) is 0. The topological polar surface area (TPSA) is 52.6 Å². The van der Waals surface area contributed by atoms with Gasteiger partial charge in [0.15, 0.2) is 5.41 Å². The molecule has 21 heavy (non-hydrogen) atoms. The number of hydrogen-bond acceptors (Lipinski definition) is 5. The molecule has 4 nitrogen and oxygen atoms in total. The van der Waals surface area contributed by atoms with Gasteiger partial charge in [0.25, 0.3) is 0 Å². The fourth-order valence-corrected chi connectivity index (χ4v) is 2.89. The van der Waals surface area contributed by atoms with Gasteiger partial charge in [0.2, 0.25) is 0 Å². The van der Waals surface area contributed by atoms with E-state index in [0.717, 1.165) is 12.8 Å². The van der Waals surface area contributed by atoms with Crippen molar-refractivity contribution in [3.05, 3.63) is 0 Å². The molecular weight excluding hydrogens is 288 g/mol. The highest BCUT2D eigenvalue weighted by molar-refractivity contribution is 8.00. The number of esters is 2. The van der Waals surface area contributed by atoms with E-state index in [1.54, 1.807) is 25.6 Å². The molecular formula is C16H30O4S. The molecule has 0 saturated heterocycles. The molecule has 0 unspecified atom stereocenters. The van der Waals surface area contributed by atoms with Gasteiger partial charge in [-0.1, -0.05) is 40.5 Å². The van der Waals surface area contributed by atoms with Gasteiger partial charge in [-0.25, -0.2) is 0 Å². The number of hydrogen-bond donors (Lipinski definition) is 0. The standard InChI is InChI=1S/C16H30O4S/c1-7-10-11-16(13(17)19-8-2,14(18)20-9-3)12-21-15(4,5)6/h7-12H2,1-6H3. The molecule has 0 spiro atoms. The molecule has 0 fully saturated rings. The maximum atomic E-state index is 12.5. The lowest BCUT2D eigenvalue weighted by molar-refractivity contribution is -0.170. The van der Waals surface area contributed by atoms with Crippen molar-refractivity contribution in [2.24, 2.45) is 5.41 Å². The summed E-state index contributed by atoms with van der Waals surface area (Å²) in [4.78, 5) is 24.9. The highest BCUT2D eigenvalue weighted by Gasteiger charge is 2.48. The molecule has 0 rings (SSSR count). The van der Waals surface area contributed by atoms with Crippen LogP contribution in [-0.2, 0) is 19.1 Å². The molecule has 0 aromatic carbocycles. The number of rotatable bonds is 9. The van der Waals surface area contributed by atoms with Crippen molar-refractivity contribution in [1.29, 1.82) is 0 Å². The molecule has 0 atom stereocenters. The van der Waals surface area contributed by atoms with Crippen molar-refractivity contribution < 1.29 is 19.1 Å². The maximum absolute atomic E-state index is 12.5. The van der Waals surface area contributed by atoms with E-state index >= 15 is 0 Å². The van der Waals surface area contributed by atoms with Gasteiger partial charge in [0, 0.05) is 10.5 Å². The van der Waals surface area contributed by atoms with Crippen LogP contribution in [0.15, 0.2) is 0 Å². The molecule has 0 heterocycles. The zero-order valence-corrected chi connectivity index (χ0v) is 15.1. The Morgan fingerprint density at radius 2 is 1.43 bits per heavy atom. The summed E-state index contributed by atoms with van der Waals surface area (Å²) >= 11 is 1.60. The predicted molar refractivity (Wildman–Crippen MR) is 87.4 cm³/mol. The van der Waals surface area contributed by atoms with Crippen molar-refractivity contribution in [2.75, 3.05) is 19.0 Å². The molecule has 0 bridgehead atoms. The predicted octanol–water partition coefficient (Wildman–Crippen LogP) is 3.82. The maximum Gasteiger partial charge on any atom is 0.324 e. The van der Waals surface area contributed by atoms with Crippen LogP contribution in [0.25, 0.3) is 0 Å². The summed E-state index contributed by atoms with van der Waals surface area (Å²) in [5.74, 6) is -0.504. The van der Waals surface area contributed by atoms with Crippen molar-refractivity contribution in [3.8, 4) is 0 Å². The second-order valence-corrected chi connectivity index (χ2v) is 7.83. The first-order valence-corrected chi connectivity index (χ1v) is 8.70. The minimum absolute atomic E-state index is 0.0313. The lowest BCUT2D eigenvalue weighted by Gasteiger charge is -2.31. The van der Waals surface area contributed by atoms with E-state index in [9.17, 15) is 9.59 Å². The Morgan fingerprint density at radius 1 is 0.952 bits per heavy atom. The van der Waals surface area contributed by atoms with Gasteiger partial charge in [-0.05, 0) is 20.3 Å². The first-order chi connectivity index (χ1) is 9.73. The smallest absolute Gasteiger partial charge is 0.324 e. The minimum atomic E-state index is -1.18. The average Bonchev–Trinajstić information content (AvgIpc) is 2.38. The third kappa shape index (κ3) is 6.72. The molecule has 124 valence electrons. The monoisotopic (exact) mass is 318 g/mol. The summed E-state index contributed by atoms with van der Waals surface area (Å²) in [5, 5.41) is 0. The van der Waals surface area contributed by atoms with Crippen LogP contribution in [0.2, 0.25) is 0 Å². The van der Waals surface area contributed by atoms with Crippen LogP contribution in [-0.4, -0.2) is 35.7 Å². The zero-order chi connectivity index (χ0) is 16.5. The van der Waals surface area contributed by atoms with E-state index in [4.69, 9.17) is 9.47 Å². The van der Waals surface area contributed by atoms with Crippen molar-refractivity contribution in [1.82, 2.24) is 0 Å². The molecule has 0 N–H and O–H groups in total. The van der Waals surface area contributed by atoms with Crippen molar-refractivity contribution in [2.45, 2.75) is 65.6 Å². The fraction of sp³-hybridized carbons (Fsp3) is 0.875. The number of unbranched alkanes of at least 4 members (excludes halogenated alkanes) is 1. The van der Waals surface area contributed by atoms with Gasteiger partial charge < -0.3 is 9.47 Å². The lowest BCUT2D eigenvalue weighted by atomic mass is 9.84. The number of carbonyl (C=O) groups excluding carboxylic acids is 2. The van der Waals surface area contributed by atoms with E-state index in [-0.39, 0.29) is 18.0 Å². The average molecular weight is 318 g/mol. The Kier molecular flexibility index (Phi) is 9.02. The Bertz CT molecular complexity index is 316. The first-order valence-electron chi connectivity index (χ1n) is 7.72. The first kappa shape index (κ1) is 20.3. The summed E-state index contributed by atoms with van der Waals surface area (Å²) < 4.78 is 10.3. The number of carbonyl (C=O) groups is 2. The molecule has 0 aliphatic heterocycles. The van der Waals surface area contributed by atoms with Gasteiger partial charge in [-0.15, -0.1) is 0 Å². The van der Waals surface area contributed by atoms with Gasteiger partial charge in [0.05, 0.1) is 13.2 Å². The van der Waals surface area contributed by atoms with Crippen molar-refractivity contribution >= 4 is 23.7 Å². The molecule has 0 saturated carbocycles. The summed E-state index contributed by atoms with van der Waals surface area (Å²) in [6, 6.07) is 0. The molecule has 0 radical (unpaired) electrons. The number of ether oxygens (including phenoxy) is 2. The minimum Gasteiger partial charge on any atom is -0.465 e. The normalized spacial score (nSPS) is 12.1. The quantitative estimate of drug-likeness (QED) is 0.478. The van der Waals surface area contributed by atoms with E-state index in [1.165, 1.54) is 0 Å². The summed E-state index contributed by atoms with van der Waals surface area (Å²) in [6.07, 6.45) is 2.19. The van der Waals surface area contributed by atoms with Gasteiger partial charge in [-0.2, -0.15) is 11.8 Å². The molecule has 0 amide bonds. The molecule has 0 aromatic heterocycles. The van der Waals surface area contributed by atoms with Crippen LogP contribution in [0.3, 0.4) is 0 Å². The molecule has 0 aromatic rings. The second-order valence-electron chi connectivity index (χ2n) is 6.03. The van der Waals surface area contributed by atoms with E-state index in [2.05, 4.69) is 20.8 Å². The second kappa shape index (κ2) is 9.34. The number of thioether (sulfide) groups is 1. The Labute approximate surface area is 133 Å². The van der Waals surface area contributed by atoms with Crippen LogP contribution in [0.4, 0.5) is 0 Å². The van der Waals surface area contributed by atoms with Crippen LogP contribution in [0.5, 0.6) is 0 Å². The van der Waals surface area contributed by atoms with Crippen molar-refractivity contribution in [3.63, 3.8) is 0 Å². The van der Waals surface area contributed by atoms with E-state index in [0.29, 0.717) is 12.2 Å². The fourth-order valence-electron chi connectivity index (χ4n) is 1.83. The van der Waals surface area contributed by atoms with Crippen LogP contribution in [0.1, 0.15) is 60.8 Å². The highest BCUT2D eigenvalue weighted by Crippen LogP contribution is 2.37. The lowest BCUT2D eigenvalue weighted by Crippen LogP contribution is -2.45.